The topological polar surface area (TPSA) is 93.9 Å². The number of carbonyl (C=O) groups is 2. The molecule has 188 valence electrons. The van der Waals surface area contributed by atoms with Gasteiger partial charge in [0, 0.05) is 35.4 Å². The molecule has 7 nitrogen and oxygen atoms in total. The fraction of sp³-hybridized carbons (Fsp3) is 0.310. The van der Waals surface area contributed by atoms with Crippen LogP contribution in [0.4, 0.5) is 5.69 Å². The van der Waals surface area contributed by atoms with Gasteiger partial charge in [0.1, 0.15) is 0 Å². The highest BCUT2D eigenvalue weighted by atomic mass is 16.5. The molecule has 2 atom stereocenters. The van der Waals surface area contributed by atoms with Crippen LogP contribution in [0.5, 0.6) is 11.5 Å². The molecule has 2 amide bonds. The average molecular weight is 488 g/mol. The summed E-state index contributed by atoms with van der Waals surface area (Å²) in [4.78, 5) is 28.1. The number of rotatable bonds is 8. The van der Waals surface area contributed by atoms with Gasteiger partial charge in [-0.15, -0.1) is 0 Å². The SMILES string of the molecule is COc1ccc(C(=O)N(Cc2ccc(NC(=O)c3ccccc3)cc2)C2CCCCC2N)cc1OC. The van der Waals surface area contributed by atoms with Gasteiger partial charge in [-0.3, -0.25) is 9.59 Å². The summed E-state index contributed by atoms with van der Waals surface area (Å²) in [5.41, 5.74) is 9.27. The van der Waals surface area contributed by atoms with E-state index in [1.165, 1.54) is 0 Å². The van der Waals surface area contributed by atoms with E-state index in [9.17, 15) is 9.59 Å². The third-order valence-corrected chi connectivity index (χ3v) is 6.67. The first-order valence-electron chi connectivity index (χ1n) is 12.2. The first-order chi connectivity index (χ1) is 17.5. The lowest BCUT2D eigenvalue weighted by molar-refractivity contribution is 0.0583. The maximum Gasteiger partial charge on any atom is 0.255 e. The number of hydrogen-bond donors (Lipinski definition) is 2. The predicted molar refractivity (Wildman–Crippen MR) is 140 cm³/mol. The highest BCUT2D eigenvalue weighted by Gasteiger charge is 2.32. The van der Waals surface area contributed by atoms with Crippen molar-refractivity contribution in [1.29, 1.82) is 0 Å². The van der Waals surface area contributed by atoms with Crippen molar-refractivity contribution in [3.8, 4) is 11.5 Å². The Hall–Kier alpha value is -3.84. The molecule has 36 heavy (non-hydrogen) atoms. The largest absolute Gasteiger partial charge is 0.493 e. The van der Waals surface area contributed by atoms with E-state index >= 15 is 0 Å². The molecule has 0 heterocycles. The van der Waals surface area contributed by atoms with Crippen molar-refractivity contribution in [3.05, 3.63) is 89.5 Å². The molecule has 2 unspecified atom stereocenters. The molecule has 0 aromatic heterocycles. The first-order valence-corrected chi connectivity index (χ1v) is 12.2. The average Bonchev–Trinajstić information content (AvgIpc) is 2.92. The number of methoxy groups -OCH3 is 2. The standard InChI is InChI=1S/C29H33N3O4/c1-35-26-17-14-22(18-27(26)36-2)29(34)32(25-11-7-6-10-24(25)30)19-20-12-15-23(16-13-20)31-28(33)21-8-4-3-5-9-21/h3-5,8-9,12-18,24-25H,6-7,10-11,19,30H2,1-2H3,(H,31,33). The highest BCUT2D eigenvalue weighted by Crippen LogP contribution is 2.30. The summed E-state index contributed by atoms with van der Waals surface area (Å²) in [7, 11) is 3.12. The molecule has 1 aliphatic rings. The van der Waals surface area contributed by atoms with E-state index in [0.717, 1.165) is 31.2 Å². The lowest BCUT2D eigenvalue weighted by Gasteiger charge is -2.38. The Morgan fingerprint density at radius 2 is 1.58 bits per heavy atom. The highest BCUT2D eigenvalue weighted by molar-refractivity contribution is 6.04. The van der Waals surface area contributed by atoms with Gasteiger partial charge in [0.05, 0.1) is 14.2 Å². The molecule has 1 saturated carbocycles. The van der Waals surface area contributed by atoms with Gasteiger partial charge in [0.2, 0.25) is 0 Å². The van der Waals surface area contributed by atoms with Crippen molar-refractivity contribution in [2.75, 3.05) is 19.5 Å². The summed E-state index contributed by atoms with van der Waals surface area (Å²) in [6, 6.07) is 21.7. The van der Waals surface area contributed by atoms with Gasteiger partial charge in [-0.25, -0.2) is 0 Å². The Morgan fingerprint density at radius 3 is 2.25 bits per heavy atom. The number of nitrogens with two attached hydrogens (primary N) is 1. The fourth-order valence-electron chi connectivity index (χ4n) is 4.68. The van der Waals surface area contributed by atoms with Crippen LogP contribution in [0.3, 0.4) is 0 Å². The lowest BCUT2D eigenvalue weighted by Crippen LogP contribution is -2.51. The van der Waals surface area contributed by atoms with Crippen LogP contribution in [0.1, 0.15) is 52.0 Å². The molecule has 3 aromatic carbocycles. The minimum atomic E-state index is -0.165. The number of anilines is 1. The Kier molecular flexibility index (Phi) is 8.23. The van der Waals surface area contributed by atoms with Crippen molar-refractivity contribution < 1.29 is 19.1 Å². The molecule has 0 aliphatic heterocycles. The second-order valence-corrected chi connectivity index (χ2v) is 9.04. The minimum absolute atomic E-state index is 0.0585. The molecule has 4 rings (SSSR count). The number of amides is 2. The second kappa shape index (κ2) is 11.7. The zero-order chi connectivity index (χ0) is 25.5. The molecular formula is C29H33N3O4. The molecule has 0 spiro atoms. The van der Waals surface area contributed by atoms with Crippen LogP contribution in [0.25, 0.3) is 0 Å². The van der Waals surface area contributed by atoms with Gasteiger partial charge < -0.3 is 25.4 Å². The summed E-state index contributed by atoms with van der Waals surface area (Å²) in [5, 5.41) is 2.92. The Morgan fingerprint density at radius 1 is 0.889 bits per heavy atom. The number of nitrogens with zero attached hydrogens (tertiary/aromatic N) is 1. The lowest BCUT2D eigenvalue weighted by atomic mass is 9.89. The van der Waals surface area contributed by atoms with Crippen LogP contribution in [0.15, 0.2) is 72.8 Å². The normalized spacial score (nSPS) is 17.2. The summed E-state index contributed by atoms with van der Waals surface area (Å²) >= 11 is 0. The van der Waals surface area contributed by atoms with Gasteiger partial charge in [0.25, 0.3) is 11.8 Å². The van der Waals surface area contributed by atoms with E-state index in [0.29, 0.717) is 34.9 Å². The van der Waals surface area contributed by atoms with E-state index in [4.69, 9.17) is 15.2 Å². The molecule has 0 radical (unpaired) electrons. The zero-order valence-electron chi connectivity index (χ0n) is 20.8. The van der Waals surface area contributed by atoms with Crippen molar-refractivity contribution >= 4 is 17.5 Å². The van der Waals surface area contributed by atoms with Gasteiger partial charge >= 0.3 is 0 Å². The van der Waals surface area contributed by atoms with Gasteiger partial charge in [-0.2, -0.15) is 0 Å². The Balaban J connectivity index is 1.54. The third kappa shape index (κ3) is 5.86. The second-order valence-electron chi connectivity index (χ2n) is 9.04. The van der Waals surface area contributed by atoms with E-state index < -0.39 is 0 Å². The van der Waals surface area contributed by atoms with E-state index in [1.807, 2.05) is 47.4 Å². The summed E-state index contributed by atoms with van der Waals surface area (Å²) in [5.74, 6) is 0.819. The fourth-order valence-corrected chi connectivity index (χ4v) is 4.68. The monoisotopic (exact) mass is 487 g/mol. The van der Waals surface area contributed by atoms with Crippen molar-refractivity contribution in [3.63, 3.8) is 0 Å². The zero-order valence-corrected chi connectivity index (χ0v) is 20.8. The first kappa shape index (κ1) is 25.3. The quantitative estimate of drug-likeness (QED) is 0.473. The van der Waals surface area contributed by atoms with Crippen LogP contribution in [-0.2, 0) is 6.54 Å². The Bertz CT molecular complexity index is 1180. The van der Waals surface area contributed by atoms with Gasteiger partial charge in [-0.05, 0) is 60.9 Å². The van der Waals surface area contributed by atoms with Crippen molar-refractivity contribution in [1.82, 2.24) is 4.90 Å². The van der Waals surface area contributed by atoms with Crippen LogP contribution < -0.4 is 20.5 Å². The summed E-state index contributed by atoms with van der Waals surface area (Å²) < 4.78 is 10.7. The van der Waals surface area contributed by atoms with Crippen molar-refractivity contribution in [2.45, 2.75) is 44.3 Å². The Labute approximate surface area is 212 Å². The van der Waals surface area contributed by atoms with E-state index in [-0.39, 0.29) is 23.9 Å². The maximum absolute atomic E-state index is 13.7. The van der Waals surface area contributed by atoms with Crippen LogP contribution in [0, 0.1) is 0 Å². The van der Waals surface area contributed by atoms with Crippen LogP contribution in [-0.4, -0.2) is 43.0 Å². The smallest absolute Gasteiger partial charge is 0.255 e. The summed E-state index contributed by atoms with van der Waals surface area (Å²) in [6.07, 6.45) is 3.88. The van der Waals surface area contributed by atoms with Gasteiger partial charge in [-0.1, -0.05) is 43.2 Å². The number of nitrogens with one attached hydrogen (secondary N) is 1. The maximum atomic E-state index is 13.7. The van der Waals surface area contributed by atoms with Crippen LogP contribution >= 0.6 is 0 Å². The molecule has 1 fully saturated rings. The van der Waals surface area contributed by atoms with Gasteiger partial charge in [0.15, 0.2) is 11.5 Å². The van der Waals surface area contributed by atoms with Crippen molar-refractivity contribution in [2.24, 2.45) is 5.73 Å². The number of hydrogen-bond acceptors (Lipinski definition) is 5. The molecule has 7 heteroatoms. The van der Waals surface area contributed by atoms with E-state index in [1.54, 1.807) is 44.6 Å². The summed E-state index contributed by atoms with van der Waals surface area (Å²) in [6.45, 7) is 0.415. The van der Waals surface area contributed by atoms with Crippen LogP contribution in [0.2, 0.25) is 0 Å². The molecular weight excluding hydrogens is 454 g/mol. The molecule has 0 bridgehead atoms. The number of carbonyl (C=O) groups excluding carboxylic acids is 2. The third-order valence-electron chi connectivity index (χ3n) is 6.67. The molecule has 3 N–H and O–H groups in total. The molecule has 1 aliphatic carbocycles. The minimum Gasteiger partial charge on any atom is -0.493 e. The van der Waals surface area contributed by atoms with E-state index in [2.05, 4.69) is 5.32 Å². The molecule has 0 saturated heterocycles. The molecule has 3 aromatic rings. The predicted octanol–water partition coefficient (Wildman–Crippen LogP) is 4.87. The number of benzene rings is 3. The number of ether oxygens (including phenoxy) is 2.